The minimum atomic E-state index is -3.97. The van der Waals surface area contributed by atoms with Crippen molar-refractivity contribution in [2.24, 2.45) is 5.92 Å². The van der Waals surface area contributed by atoms with E-state index >= 15 is 0 Å². The maximum Gasteiger partial charge on any atom is 0.262 e. The van der Waals surface area contributed by atoms with Gasteiger partial charge in [0.15, 0.2) is 6.61 Å². The molecule has 2 aliphatic rings. The largest absolute Gasteiger partial charge is 0.497 e. The molecule has 1 atom stereocenters. The highest BCUT2D eigenvalue weighted by atomic mass is 35.5. The van der Waals surface area contributed by atoms with Gasteiger partial charge in [-0.25, -0.2) is 8.42 Å². The van der Waals surface area contributed by atoms with E-state index in [1.165, 1.54) is 16.4 Å². The second kappa shape index (κ2) is 9.58. The molecular weight excluding hydrogens is 470 g/mol. The zero-order valence-corrected chi connectivity index (χ0v) is 19.5. The van der Waals surface area contributed by atoms with Crippen molar-refractivity contribution >= 4 is 39.1 Å². The number of sulfonamides is 1. The van der Waals surface area contributed by atoms with Gasteiger partial charge in [0.05, 0.1) is 23.7 Å². The van der Waals surface area contributed by atoms with E-state index in [-0.39, 0.29) is 47.2 Å². The third-order valence-corrected chi connectivity index (χ3v) is 8.00. The zero-order valence-electron chi connectivity index (χ0n) is 18.0. The fourth-order valence-electron chi connectivity index (χ4n) is 3.87. The highest BCUT2D eigenvalue weighted by Gasteiger charge is 2.35. The Morgan fingerprint density at radius 1 is 1.30 bits per heavy atom. The number of halogens is 1. The lowest BCUT2D eigenvalue weighted by Gasteiger charge is -2.31. The van der Waals surface area contributed by atoms with Gasteiger partial charge in [0.1, 0.15) is 16.4 Å². The molecule has 9 nitrogen and oxygen atoms in total. The van der Waals surface area contributed by atoms with Crippen molar-refractivity contribution in [3.8, 4) is 11.5 Å². The van der Waals surface area contributed by atoms with E-state index < -0.39 is 15.9 Å². The molecule has 2 heterocycles. The van der Waals surface area contributed by atoms with Crippen LogP contribution in [-0.4, -0.2) is 51.3 Å². The molecule has 1 fully saturated rings. The number of rotatable bonds is 6. The van der Waals surface area contributed by atoms with Crippen molar-refractivity contribution in [3.05, 3.63) is 47.0 Å². The van der Waals surface area contributed by atoms with Crippen LogP contribution in [0.4, 0.5) is 5.69 Å². The lowest BCUT2D eigenvalue weighted by atomic mass is 9.99. The monoisotopic (exact) mass is 493 g/mol. The highest BCUT2D eigenvalue weighted by Crippen LogP contribution is 2.37. The van der Waals surface area contributed by atoms with Crippen LogP contribution in [0.25, 0.3) is 0 Å². The molecule has 0 radical (unpaired) electrons. The van der Waals surface area contributed by atoms with Crippen LogP contribution in [0.1, 0.15) is 18.4 Å². The topological polar surface area (TPSA) is 114 Å². The Balaban J connectivity index is 1.45. The summed E-state index contributed by atoms with van der Waals surface area (Å²) in [5.41, 5.74) is 1.24. The Morgan fingerprint density at radius 3 is 2.79 bits per heavy atom. The van der Waals surface area contributed by atoms with Crippen LogP contribution < -0.4 is 20.1 Å². The molecule has 2 amide bonds. The lowest BCUT2D eigenvalue weighted by Crippen LogP contribution is -2.45. The lowest BCUT2D eigenvalue weighted by molar-refractivity contribution is -0.126. The van der Waals surface area contributed by atoms with Crippen molar-refractivity contribution in [2.75, 3.05) is 32.1 Å². The highest BCUT2D eigenvalue weighted by molar-refractivity contribution is 7.89. The van der Waals surface area contributed by atoms with Crippen LogP contribution in [0.5, 0.6) is 11.5 Å². The summed E-state index contributed by atoms with van der Waals surface area (Å²) in [4.78, 5) is 24.1. The van der Waals surface area contributed by atoms with Gasteiger partial charge in [0, 0.05) is 25.7 Å². The normalized spacial score (nSPS) is 18.6. The first kappa shape index (κ1) is 23.3. The summed E-state index contributed by atoms with van der Waals surface area (Å²) in [5, 5.41) is 5.46. The Morgan fingerprint density at radius 2 is 2.06 bits per heavy atom. The third-order valence-electron chi connectivity index (χ3n) is 5.67. The van der Waals surface area contributed by atoms with Gasteiger partial charge in [0.25, 0.3) is 5.91 Å². The molecule has 1 saturated heterocycles. The van der Waals surface area contributed by atoms with Gasteiger partial charge in [-0.1, -0.05) is 23.7 Å². The van der Waals surface area contributed by atoms with Gasteiger partial charge in [0.2, 0.25) is 15.9 Å². The first-order valence-corrected chi connectivity index (χ1v) is 12.3. The Bertz CT molecular complexity index is 1170. The third kappa shape index (κ3) is 5.07. The van der Waals surface area contributed by atoms with E-state index in [2.05, 4.69) is 10.6 Å². The summed E-state index contributed by atoms with van der Waals surface area (Å²) in [5.74, 6) is -0.0455. The number of carbonyl (C=O) groups is 2. The molecule has 4 rings (SSSR count). The summed E-state index contributed by atoms with van der Waals surface area (Å²) in [6, 6.07) is 10.0. The number of piperidine rings is 1. The van der Waals surface area contributed by atoms with Crippen molar-refractivity contribution in [2.45, 2.75) is 24.3 Å². The molecule has 33 heavy (non-hydrogen) atoms. The molecule has 11 heteroatoms. The molecule has 2 aromatic carbocycles. The molecule has 2 aromatic rings. The van der Waals surface area contributed by atoms with E-state index in [0.717, 1.165) is 11.3 Å². The SMILES string of the molecule is COc1ccc(CNC(=O)[C@H]2CCCN(S(=O)(=O)c3cc4c(cc3Cl)NC(=O)CO4)C2)cc1. The van der Waals surface area contributed by atoms with Gasteiger partial charge in [-0.3, -0.25) is 9.59 Å². The Hall–Kier alpha value is -2.82. The fourth-order valence-corrected chi connectivity index (χ4v) is 5.91. The van der Waals surface area contributed by atoms with E-state index in [4.69, 9.17) is 21.1 Å². The summed E-state index contributed by atoms with van der Waals surface area (Å²) in [6.07, 6.45) is 1.14. The Kier molecular flexibility index (Phi) is 6.78. The van der Waals surface area contributed by atoms with E-state index in [1.807, 2.05) is 24.3 Å². The minimum Gasteiger partial charge on any atom is -0.497 e. The predicted octanol–water partition coefficient (Wildman–Crippen LogP) is 2.40. The number of fused-ring (bicyclic) bond motifs is 1. The van der Waals surface area contributed by atoms with E-state index in [1.54, 1.807) is 7.11 Å². The van der Waals surface area contributed by atoms with Crippen LogP contribution in [0, 0.1) is 5.92 Å². The standard InChI is InChI=1S/C22H24ClN3O6S/c1-31-16-6-4-14(5-7-16)11-24-22(28)15-3-2-8-26(12-15)33(29,30)20-10-19-18(9-17(20)23)25-21(27)13-32-19/h4-7,9-10,15H,2-3,8,11-13H2,1H3,(H,24,28)(H,25,27)/t15-/m0/s1. The van der Waals surface area contributed by atoms with Crippen LogP contribution in [0.15, 0.2) is 41.3 Å². The van der Waals surface area contributed by atoms with Crippen LogP contribution >= 0.6 is 11.6 Å². The molecule has 2 aliphatic heterocycles. The van der Waals surface area contributed by atoms with Crippen molar-refractivity contribution in [1.29, 1.82) is 0 Å². The number of nitrogens with one attached hydrogen (secondary N) is 2. The van der Waals surface area contributed by atoms with E-state index in [9.17, 15) is 18.0 Å². The molecule has 176 valence electrons. The average molecular weight is 494 g/mol. The molecule has 0 aliphatic carbocycles. The quantitative estimate of drug-likeness (QED) is 0.638. The van der Waals surface area contributed by atoms with Gasteiger partial charge >= 0.3 is 0 Å². The van der Waals surface area contributed by atoms with Gasteiger partial charge in [-0.05, 0) is 36.6 Å². The minimum absolute atomic E-state index is 0.0226. The Labute approximate surface area is 197 Å². The molecule has 0 bridgehead atoms. The number of nitrogens with zero attached hydrogens (tertiary/aromatic N) is 1. The molecule has 0 aromatic heterocycles. The summed E-state index contributed by atoms with van der Waals surface area (Å²) in [7, 11) is -2.38. The van der Waals surface area contributed by atoms with Crippen molar-refractivity contribution in [3.63, 3.8) is 0 Å². The summed E-state index contributed by atoms with van der Waals surface area (Å²) < 4.78 is 38.4. The number of anilines is 1. The summed E-state index contributed by atoms with van der Waals surface area (Å²) in [6.45, 7) is 0.484. The fraction of sp³-hybridized carbons (Fsp3) is 0.364. The first-order chi connectivity index (χ1) is 15.8. The molecule has 0 spiro atoms. The first-order valence-electron chi connectivity index (χ1n) is 10.4. The predicted molar refractivity (Wildman–Crippen MR) is 122 cm³/mol. The number of ether oxygens (including phenoxy) is 2. The number of hydrogen-bond acceptors (Lipinski definition) is 6. The van der Waals surface area contributed by atoms with Gasteiger partial charge < -0.3 is 20.1 Å². The molecule has 0 saturated carbocycles. The number of hydrogen-bond donors (Lipinski definition) is 2. The van der Waals surface area contributed by atoms with Crippen molar-refractivity contribution < 1.29 is 27.5 Å². The van der Waals surface area contributed by atoms with Gasteiger partial charge in [-0.2, -0.15) is 4.31 Å². The molecule has 2 N–H and O–H groups in total. The smallest absolute Gasteiger partial charge is 0.262 e. The van der Waals surface area contributed by atoms with Crippen molar-refractivity contribution in [1.82, 2.24) is 9.62 Å². The maximum absolute atomic E-state index is 13.3. The van der Waals surface area contributed by atoms with Crippen LogP contribution in [0.2, 0.25) is 5.02 Å². The average Bonchev–Trinajstić information content (AvgIpc) is 2.82. The van der Waals surface area contributed by atoms with Gasteiger partial charge in [-0.15, -0.1) is 0 Å². The second-order valence-electron chi connectivity index (χ2n) is 7.88. The second-order valence-corrected chi connectivity index (χ2v) is 10.2. The number of methoxy groups -OCH3 is 1. The molecule has 0 unspecified atom stereocenters. The number of amides is 2. The number of benzene rings is 2. The zero-order chi connectivity index (χ0) is 23.6. The van der Waals surface area contributed by atoms with Crippen LogP contribution in [-0.2, 0) is 26.2 Å². The van der Waals surface area contributed by atoms with E-state index in [0.29, 0.717) is 25.1 Å². The summed E-state index contributed by atoms with van der Waals surface area (Å²) >= 11 is 6.25. The molecular formula is C22H24ClN3O6S. The number of carbonyl (C=O) groups excluding carboxylic acids is 2. The van der Waals surface area contributed by atoms with Crippen LogP contribution in [0.3, 0.4) is 0 Å². The maximum atomic E-state index is 13.3.